The van der Waals surface area contributed by atoms with Crippen LogP contribution < -0.4 is 11.3 Å². The fraction of sp³-hybridized carbons (Fsp3) is 0.267. The van der Waals surface area contributed by atoms with Gasteiger partial charge in [-0.25, -0.2) is 4.39 Å². The number of rotatable bonds is 4. The monoisotopic (exact) mass is 337 g/mol. The van der Waals surface area contributed by atoms with Gasteiger partial charge in [-0.3, -0.25) is 16.3 Å². The molecule has 3 N–H and O–H groups in total. The van der Waals surface area contributed by atoms with Crippen LogP contribution in [0.2, 0.25) is 0 Å². The molecule has 106 valence electrons. The van der Waals surface area contributed by atoms with Crippen molar-refractivity contribution in [2.45, 2.75) is 26.3 Å². The van der Waals surface area contributed by atoms with Gasteiger partial charge in [-0.1, -0.05) is 12.1 Å². The maximum Gasteiger partial charge on any atom is 0.137 e. The zero-order chi connectivity index (χ0) is 14.7. The Morgan fingerprint density at radius 2 is 2.10 bits per heavy atom. The Morgan fingerprint density at radius 1 is 1.35 bits per heavy atom. The predicted molar refractivity (Wildman–Crippen MR) is 81.6 cm³/mol. The van der Waals surface area contributed by atoms with Gasteiger partial charge in [0.15, 0.2) is 0 Å². The first-order valence-electron chi connectivity index (χ1n) is 6.34. The molecule has 1 atom stereocenters. The van der Waals surface area contributed by atoms with Gasteiger partial charge in [0, 0.05) is 6.20 Å². The highest BCUT2D eigenvalue weighted by molar-refractivity contribution is 9.10. The molecule has 0 amide bonds. The molecule has 0 aliphatic rings. The number of hydrogen-bond donors (Lipinski definition) is 2. The highest BCUT2D eigenvalue weighted by Gasteiger charge is 2.15. The van der Waals surface area contributed by atoms with Gasteiger partial charge in [0.25, 0.3) is 0 Å². The molecule has 0 spiro atoms. The summed E-state index contributed by atoms with van der Waals surface area (Å²) >= 11 is 3.20. The third kappa shape index (κ3) is 3.42. The van der Waals surface area contributed by atoms with E-state index in [1.165, 1.54) is 6.07 Å². The summed E-state index contributed by atoms with van der Waals surface area (Å²) in [5.41, 5.74) is 6.90. The molecule has 0 aliphatic heterocycles. The topological polar surface area (TPSA) is 50.9 Å². The second-order valence-corrected chi connectivity index (χ2v) is 5.74. The zero-order valence-corrected chi connectivity index (χ0v) is 13.0. The largest absolute Gasteiger partial charge is 0.271 e. The van der Waals surface area contributed by atoms with Crippen LogP contribution in [-0.4, -0.2) is 4.98 Å². The van der Waals surface area contributed by atoms with Gasteiger partial charge >= 0.3 is 0 Å². The van der Waals surface area contributed by atoms with Crippen LogP contribution in [0.4, 0.5) is 4.39 Å². The lowest BCUT2D eigenvalue weighted by Gasteiger charge is -2.18. The summed E-state index contributed by atoms with van der Waals surface area (Å²) in [5, 5.41) is 0. The number of aromatic nitrogens is 1. The standard InChI is InChI=1S/C15H17BrFN3/c1-9-5-10(2)15(19-8-9)14(20-18)7-11-3-4-13(17)12(16)6-11/h3-6,8,14,20H,7,18H2,1-2H3. The summed E-state index contributed by atoms with van der Waals surface area (Å²) in [6, 6.07) is 6.94. The lowest BCUT2D eigenvalue weighted by molar-refractivity contribution is 0.534. The Labute approximate surface area is 126 Å². The molecular weight excluding hydrogens is 321 g/mol. The van der Waals surface area contributed by atoms with E-state index in [2.05, 4.69) is 32.4 Å². The first-order valence-corrected chi connectivity index (χ1v) is 7.13. The van der Waals surface area contributed by atoms with Crippen molar-refractivity contribution in [1.82, 2.24) is 10.4 Å². The lowest BCUT2D eigenvalue weighted by atomic mass is 10.00. The van der Waals surface area contributed by atoms with E-state index in [0.29, 0.717) is 10.9 Å². The molecule has 0 aliphatic carbocycles. The molecule has 0 fully saturated rings. The highest BCUT2D eigenvalue weighted by Crippen LogP contribution is 2.23. The summed E-state index contributed by atoms with van der Waals surface area (Å²) in [6.07, 6.45) is 2.47. The number of halogens is 2. The van der Waals surface area contributed by atoms with Crippen LogP contribution in [-0.2, 0) is 6.42 Å². The number of benzene rings is 1. The summed E-state index contributed by atoms with van der Waals surface area (Å²) in [4.78, 5) is 4.46. The minimum atomic E-state index is -0.268. The molecule has 20 heavy (non-hydrogen) atoms. The Balaban J connectivity index is 2.26. The molecule has 2 rings (SSSR count). The zero-order valence-electron chi connectivity index (χ0n) is 11.5. The molecule has 2 aromatic rings. The van der Waals surface area contributed by atoms with Gasteiger partial charge in [0.2, 0.25) is 0 Å². The van der Waals surface area contributed by atoms with E-state index in [9.17, 15) is 4.39 Å². The summed E-state index contributed by atoms with van der Waals surface area (Å²) in [7, 11) is 0. The Hall–Kier alpha value is -1.30. The van der Waals surface area contributed by atoms with Crippen molar-refractivity contribution < 1.29 is 4.39 Å². The Morgan fingerprint density at radius 3 is 2.70 bits per heavy atom. The van der Waals surface area contributed by atoms with Gasteiger partial charge in [0.05, 0.1) is 16.2 Å². The SMILES string of the molecule is Cc1cnc(C(Cc2ccc(F)c(Br)c2)NN)c(C)c1. The molecule has 0 radical (unpaired) electrons. The van der Waals surface area contributed by atoms with Crippen LogP contribution in [0.25, 0.3) is 0 Å². The molecule has 1 aromatic carbocycles. The van der Waals surface area contributed by atoms with Crippen LogP contribution in [0.5, 0.6) is 0 Å². The van der Waals surface area contributed by atoms with Crippen molar-refractivity contribution in [1.29, 1.82) is 0 Å². The van der Waals surface area contributed by atoms with Crippen molar-refractivity contribution in [3.8, 4) is 0 Å². The predicted octanol–water partition coefficient (Wildman–Crippen LogP) is 3.35. The number of pyridine rings is 1. The molecule has 3 nitrogen and oxygen atoms in total. The maximum absolute atomic E-state index is 13.2. The summed E-state index contributed by atoms with van der Waals surface area (Å²) < 4.78 is 13.7. The minimum Gasteiger partial charge on any atom is -0.271 e. The summed E-state index contributed by atoms with van der Waals surface area (Å²) in [6.45, 7) is 4.02. The maximum atomic E-state index is 13.2. The number of hydrogen-bond acceptors (Lipinski definition) is 3. The first kappa shape index (κ1) is 15.1. The van der Waals surface area contributed by atoms with Crippen LogP contribution in [0.3, 0.4) is 0 Å². The Bertz CT molecular complexity index is 616. The molecule has 5 heteroatoms. The molecule has 1 unspecified atom stereocenters. The number of aryl methyl sites for hydroxylation is 2. The smallest absolute Gasteiger partial charge is 0.137 e. The quantitative estimate of drug-likeness (QED) is 0.664. The normalized spacial score (nSPS) is 12.4. The second-order valence-electron chi connectivity index (χ2n) is 4.89. The van der Waals surface area contributed by atoms with Crippen LogP contribution >= 0.6 is 15.9 Å². The van der Waals surface area contributed by atoms with Gasteiger partial charge < -0.3 is 0 Å². The number of hydrazine groups is 1. The number of nitrogens with one attached hydrogen (secondary N) is 1. The van der Waals surface area contributed by atoms with Gasteiger partial charge in [-0.2, -0.15) is 0 Å². The molecule has 0 saturated carbocycles. The molecule has 0 bridgehead atoms. The van der Waals surface area contributed by atoms with Crippen LogP contribution in [0, 0.1) is 19.7 Å². The van der Waals surface area contributed by atoms with Crippen LogP contribution in [0.15, 0.2) is 34.9 Å². The van der Waals surface area contributed by atoms with E-state index in [1.54, 1.807) is 12.1 Å². The fourth-order valence-corrected chi connectivity index (χ4v) is 2.65. The van der Waals surface area contributed by atoms with Crippen LogP contribution in [0.1, 0.15) is 28.4 Å². The van der Waals surface area contributed by atoms with E-state index in [-0.39, 0.29) is 11.9 Å². The summed E-state index contributed by atoms with van der Waals surface area (Å²) in [5.74, 6) is 5.38. The molecule has 1 aromatic heterocycles. The highest BCUT2D eigenvalue weighted by atomic mass is 79.9. The van der Waals surface area contributed by atoms with Gasteiger partial charge in [0.1, 0.15) is 5.82 Å². The van der Waals surface area contributed by atoms with E-state index in [1.807, 2.05) is 20.0 Å². The van der Waals surface area contributed by atoms with E-state index >= 15 is 0 Å². The number of nitrogens with two attached hydrogens (primary N) is 1. The van der Waals surface area contributed by atoms with E-state index in [4.69, 9.17) is 5.84 Å². The molecular formula is C15H17BrFN3. The third-order valence-electron chi connectivity index (χ3n) is 3.21. The van der Waals surface area contributed by atoms with Crippen molar-refractivity contribution in [2.75, 3.05) is 0 Å². The van der Waals surface area contributed by atoms with E-state index < -0.39 is 0 Å². The molecule has 1 heterocycles. The average Bonchev–Trinajstić information content (AvgIpc) is 2.41. The van der Waals surface area contributed by atoms with Gasteiger partial charge in [-0.15, -0.1) is 0 Å². The molecule has 0 saturated heterocycles. The van der Waals surface area contributed by atoms with E-state index in [0.717, 1.165) is 22.4 Å². The van der Waals surface area contributed by atoms with Crippen molar-refractivity contribution >= 4 is 15.9 Å². The minimum absolute atomic E-state index is 0.104. The third-order valence-corrected chi connectivity index (χ3v) is 3.82. The Kier molecular flexibility index (Phi) is 4.86. The second kappa shape index (κ2) is 6.43. The van der Waals surface area contributed by atoms with Gasteiger partial charge in [-0.05, 0) is 65.0 Å². The van der Waals surface area contributed by atoms with Crippen molar-refractivity contribution in [3.05, 3.63) is 63.1 Å². The average molecular weight is 338 g/mol. The van der Waals surface area contributed by atoms with Crippen molar-refractivity contribution in [3.63, 3.8) is 0 Å². The lowest BCUT2D eigenvalue weighted by Crippen LogP contribution is -2.30. The first-order chi connectivity index (χ1) is 9.51. The fourth-order valence-electron chi connectivity index (χ4n) is 2.23. The van der Waals surface area contributed by atoms with Crippen molar-refractivity contribution in [2.24, 2.45) is 5.84 Å². The number of nitrogens with zero attached hydrogens (tertiary/aromatic N) is 1.